The maximum Gasteiger partial charge on any atom is 0.319 e. The van der Waals surface area contributed by atoms with Gasteiger partial charge in [-0.05, 0) is 37.8 Å². The molecule has 1 saturated carbocycles. The fourth-order valence-electron chi connectivity index (χ4n) is 3.02. The lowest BCUT2D eigenvalue weighted by atomic mass is 10.2. The van der Waals surface area contributed by atoms with E-state index in [2.05, 4.69) is 20.5 Å². The van der Waals surface area contributed by atoms with E-state index < -0.39 is 0 Å². The summed E-state index contributed by atoms with van der Waals surface area (Å²) in [4.78, 5) is 18.6. The molecule has 0 aromatic carbocycles. The van der Waals surface area contributed by atoms with Crippen LogP contribution in [0.5, 0.6) is 0 Å². The van der Waals surface area contributed by atoms with Gasteiger partial charge in [-0.25, -0.2) is 9.78 Å². The van der Waals surface area contributed by atoms with Crippen molar-refractivity contribution in [2.45, 2.75) is 44.6 Å². The van der Waals surface area contributed by atoms with Crippen molar-refractivity contribution in [2.75, 3.05) is 23.3 Å². The summed E-state index contributed by atoms with van der Waals surface area (Å²) >= 11 is 0. The van der Waals surface area contributed by atoms with Gasteiger partial charge in [0, 0.05) is 19.1 Å². The molecule has 0 bridgehead atoms. The van der Waals surface area contributed by atoms with E-state index in [1.807, 2.05) is 12.1 Å². The fourth-order valence-corrected chi connectivity index (χ4v) is 3.02. The highest BCUT2D eigenvalue weighted by atomic mass is 16.2. The zero-order valence-electron chi connectivity index (χ0n) is 11.8. The Bertz CT molecular complexity index is 447. The number of amides is 2. The summed E-state index contributed by atoms with van der Waals surface area (Å²) in [5.41, 5.74) is 0.753. The van der Waals surface area contributed by atoms with Crippen molar-refractivity contribution in [1.29, 1.82) is 0 Å². The Hall–Kier alpha value is -1.78. The molecule has 2 heterocycles. The highest BCUT2D eigenvalue weighted by Crippen LogP contribution is 2.20. The highest BCUT2D eigenvalue weighted by Gasteiger charge is 2.17. The van der Waals surface area contributed by atoms with E-state index in [1.165, 1.54) is 25.7 Å². The minimum absolute atomic E-state index is 0.118. The Labute approximate surface area is 119 Å². The van der Waals surface area contributed by atoms with Crippen LogP contribution >= 0.6 is 0 Å². The zero-order valence-corrected chi connectivity index (χ0v) is 11.8. The van der Waals surface area contributed by atoms with Gasteiger partial charge in [-0.15, -0.1) is 0 Å². The molecular formula is C15H22N4O. The number of hydrogen-bond acceptors (Lipinski definition) is 3. The number of carbonyl (C=O) groups excluding carboxylic acids is 1. The smallest absolute Gasteiger partial charge is 0.319 e. The minimum Gasteiger partial charge on any atom is -0.357 e. The van der Waals surface area contributed by atoms with E-state index in [1.54, 1.807) is 6.20 Å². The molecule has 20 heavy (non-hydrogen) atoms. The molecule has 5 nitrogen and oxygen atoms in total. The first-order chi connectivity index (χ1) is 9.81. The average molecular weight is 274 g/mol. The first-order valence-corrected chi connectivity index (χ1v) is 7.60. The number of pyridine rings is 1. The van der Waals surface area contributed by atoms with Gasteiger partial charge in [0.25, 0.3) is 0 Å². The topological polar surface area (TPSA) is 57.3 Å². The molecule has 0 spiro atoms. The van der Waals surface area contributed by atoms with E-state index >= 15 is 0 Å². The van der Waals surface area contributed by atoms with Crippen molar-refractivity contribution in [3.05, 3.63) is 18.3 Å². The van der Waals surface area contributed by atoms with E-state index in [4.69, 9.17) is 0 Å². The van der Waals surface area contributed by atoms with Crippen LogP contribution in [0.3, 0.4) is 0 Å². The van der Waals surface area contributed by atoms with E-state index in [0.717, 1.165) is 37.4 Å². The molecule has 1 saturated heterocycles. The summed E-state index contributed by atoms with van der Waals surface area (Å²) in [5, 5.41) is 5.86. The Kier molecular flexibility index (Phi) is 4.04. The van der Waals surface area contributed by atoms with Crippen LogP contribution < -0.4 is 15.5 Å². The summed E-state index contributed by atoms with van der Waals surface area (Å²) in [6.45, 7) is 2.17. The van der Waals surface area contributed by atoms with Crippen molar-refractivity contribution >= 4 is 17.5 Å². The molecule has 108 valence electrons. The molecule has 0 atom stereocenters. The molecule has 0 unspecified atom stereocenters. The van der Waals surface area contributed by atoms with E-state index in [9.17, 15) is 4.79 Å². The van der Waals surface area contributed by atoms with Gasteiger partial charge in [0.1, 0.15) is 5.82 Å². The number of nitrogens with one attached hydrogen (secondary N) is 2. The molecule has 2 fully saturated rings. The number of aromatic nitrogens is 1. The van der Waals surface area contributed by atoms with Gasteiger partial charge in [-0.2, -0.15) is 0 Å². The monoisotopic (exact) mass is 274 g/mol. The number of anilines is 2. The third-order valence-corrected chi connectivity index (χ3v) is 4.13. The molecule has 2 aliphatic rings. The number of carbonyl (C=O) groups is 1. The lowest BCUT2D eigenvalue weighted by molar-refractivity contribution is 0.248. The second kappa shape index (κ2) is 6.11. The average Bonchev–Trinajstić information content (AvgIpc) is 3.12. The Morgan fingerprint density at radius 2 is 1.90 bits per heavy atom. The number of nitrogens with zero attached hydrogens (tertiary/aromatic N) is 2. The molecule has 1 aromatic rings. The van der Waals surface area contributed by atoms with Gasteiger partial charge < -0.3 is 15.5 Å². The summed E-state index contributed by atoms with van der Waals surface area (Å²) in [7, 11) is 0. The molecule has 0 radical (unpaired) electrons. The van der Waals surface area contributed by atoms with Gasteiger partial charge in [0.2, 0.25) is 0 Å². The molecule has 2 N–H and O–H groups in total. The van der Waals surface area contributed by atoms with Crippen molar-refractivity contribution in [3.63, 3.8) is 0 Å². The summed E-state index contributed by atoms with van der Waals surface area (Å²) in [6.07, 6.45) is 8.85. The lowest BCUT2D eigenvalue weighted by Crippen LogP contribution is -2.36. The number of urea groups is 1. The molecule has 1 aliphatic carbocycles. The van der Waals surface area contributed by atoms with Crippen LogP contribution in [0.25, 0.3) is 0 Å². The number of rotatable bonds is 3. The van der Waals surface area contributed by atoms with Crippen LogP contribution in [0.2, 0.25) is 0 Å². The van der Waals surface area contributed by atoms with Gasteiger partial charge >= 0.3 is 6.03 Å². The molecule has 3 rings (SSSR count). The van der Waals surface area contributed by atoms with Crippen LogP contribution in [0.1, 0.15) is 38.5 Å². The summed E-state index contributed by atoms with van der Waals surface area (Å²) < 4.78 is 0. The summed E-state index contributed by atoms with van der Waals surface area (Å²) in [5.74, 6) is 1.00. The van der Waals surface area contributed by atoms with Crippen LogP contribution in [0.15, 0.2) is 18.3 Å². The van der Waals surface area contributed by atoms with Crippen molar-refractivity contribution in [2.24, 2.45) is 0 Å². The second-order valence-corrected chi connectivity index (χ2v) is 5.68. The quantitative estimate of drug-likeness (QED) is 0.891. The van der Waals surface area contributed by atoms with Crippen molar-refractivity contribution in [3.8, 4) is 0 Å². The highest BCUT2D eigenvalue weighted by molar-refractivity contribution is 5.89. The SMILES string of the molecule is O=C(Nc1ccc(N2CCCC2)nc1)NC1CCCC1. The normalized spacial score (nSPS) is 19.3. The predicted octanol–water partition coefficient (Wildman–Crippen LogP) is 2.75. The van der Waals surface area contributed by atoms with Gasteiger partial charge in [0.05, 0.1) is 11.9 Å². The van der Waals surface area contributed by atoms with Crippen LogP contribution in [0, 0.1) is 0 Å². The van der Waals surface area contributed by atoms with Crippen molar-refractivity contribution in [1.82, 2.24) is 10.3 Å². The van der Waals surface area contributed by atoms with Crippen LogP contribution in [-0.4, -0.2) is 30.1 Å². The largest absolute Gasteiger partial charge is 0.357 e. The van der Waals surface area contributed by atoms with Crippen LogP contribution in [-0.2, 0) is 0 Å². The maximum absolute atomic E-state index is 11.8. The molecule has 1 aliphatic heterocycles. The van der Waals surface area contributed by atoms with Crippen molar-refractivity contribution < 1.29 is 4.79 Å². The Morgan fingerprint density at radius 1 is 1.15 bits per heavy atom. The Balaban J connectivity index is 1.53. The predicted molar refractivity (Wildman–Crippen MR) is 80.1 cm³/mol. The molecular weight excluding hydrogens is 252 g/mol. The molecule has 2 amide bonds. The van der Waals surface area contributed by atoms with Gasteiger partial charge in [-0.3, -0.25) is 0 Å². The fraction of sp³-hybridized carbons (Fsp3) is 0.600. The third-order valence-electron chi connectivity index (χ3n) is 4.13. The minimum atomic E-state index is -0.118. The van der Waals surface area contributed by atoms with E-state index in [-0.39, 0.29) is 6.03 Å². The van der Waals surface area contributed by atoms with Gasteiger partial charge in [0.15, 0.2) is 0 Å². The third kappa shape index (κ3) is 3.21. The second-order valence-electron chi connectivity index (χ2n) is 5.68. The van der Waals surface area contributed by atoms with E-state index in [0.29, 0.717) is 6.04 Å². The molecule has 1 aromatic heterocycles. The summed E-state index contributed by atoms with van der Waals surface area (Å²) in [6, 6.07) is 4.13. The maximum atomic E-state index is 11.8. The Morgan fingerprint density at radius 3 is 2.55 bits per heavy atom. The zero-order chi connectivity index (χ0) is 13.8. The number of hydrogen-bond donors (Lipinski definition) is 2. The first kappa shape index (κ1) is 13.2. The molecule has 5 heteroatoms. The standard InChI is InChI=1S/C15H22N4O/c20-15(17-12-5-1-2-6-12)18-13-7-8-14(16-11-13)19-9-3-4-10-19/h7-8,11-12H,1-6,9-10H2,(H2,17,18,20). The first-order valence-electron chi connectivity index (χ1n) is 7.60. The lowest BCUT2D eigenvalue weighted by Gasteiger charge is -2.17. The van der Waals surface area contributed by atoms with Gasteiger partial charge in [-0.1, -0.05) is 12.8 Å². The van der Waals surface area contributed by atoms with Crippen LogP contribution in [0.4, 0.5) is 16.3 Å².